The Bertz CT molecular complexity index is 639. The molecule has 0 saturated carbocycles. The van der Waals surface area contributed by atoms with E-state index < -0.39 is 0 Å². The molecule has 2 nitrogen and oxygen atoms in total. The van der Waals surface area contributed by atoms with Crippen LogP contribution in [0.25, 0.3) is 5.70 Å². The summed E-state index contributed by atoms with van der Waals surface area (Å²) in [6.45, 7) is 4.23. The Labute approximate surface area is 91.6 Å². The number of hydrogen-bond donors (Lipinski definition) is 0. The van der Waals surface area contributed by atoms with Gasteiger partial charge in [0.15, 0.2) is 0 Å². The van der Waals surface area contributed by atoms with Crippen LogP contribution in [0.1, 0.15) is 16.1 Å². The van der Waals surface area contributed by atoms with Crippen LogP contribution in [0.5, 0.6) is 0 Å². The number of fused-ring (bicyclic) bond motifs is 1. The Morgan fingerprint density at radius 2 is 2.07 bits per heavy atom. The van der Waals surface area contributed by atoms with Gasteiger partial charge in [0.25, 0.3) is 0 Å². The number of rotatable bonds is 1. The van der Waals surface area contributed by atoms with Gasteiger partial charge in [0, 0.05) is 16.8 Å². The lowest BCUT2D eigenvalue weighted by Crippen LogP contribution is -2.37. The monoisotopic (exact) mass is 214 g/mol. The predicted octanol–water partition coefficient (Wildman–Crippen LogP) is 1.55. The number of thiazole rings is 1. The molecule has 0 unspecified atom stereocenters. The fourth-order valence-electron chi connectivity index (χ4n) is 1.96. The molecule has 1 aromatic heterocycles. The minimum atomic E-state index is 1.02. The molecule has 0 saturated heterocycles. The Balaban J connectivity index is 2.32. The number of aromatic nitrogens is 1. The van der Waals surface area contributed by atoms with Gasteiger partial charge < -0.3 is 0 Å². The zero-order valence-electron chi connectivity index (χ0n) is 8.61. The van der Waals surface area contributed by atoms with E-state index in [9.17, 15) is 0 Å². The Morgan fingerprint density at radius 1 is 1.20 bits per heavy atom. The van der Waals surface area contributed by atoms with Crippen molar-refractivity contribution in [1.29, 1.82) is 0 Å². The molecule has 0 amide bonds. The molecular formula is C12H10N2S. The van der Waals surface area contributed by atoms with Gasteiger partial charge in [-0.2, -0.15) is 0 Å². The second kappa shape index (κ2) is 3.00. The molecule has 3 rings (SSSR count). The maximum atomic E-state index is 4.51. The fourth-order valence-corrected chi connectivity index (χ4v) is 2.59. The van der Waals surface area contributed by atoms with Crippen LogP contribution >= 0.6 is 11.3 Å². The molecule has 1 aromatic carbocycles. The molecule has 2 heterocycles. The van der Waals surface area contributed by atoms with Crippen LogP contribution in [0.15, 0.2) is 28.7 Å². The van der Waals surface area contributed by atoms with Crippen molar-refractivity contribution in [3.8, 4) is 0 Å². The quantitative estimate of drug-likeness (QED) is 0.707. The van der Waals surface area contributed by atoms with Gasteiger partial charge in [-0.05, 0) is 31.0 Å². The molecule has 0 radical (unpaired) electrons. The van der Waals surface area contributed by atoms with Gasteiger partial charge in [-0.3, -0.25) is 0 Å². The summed E-state index contributed by atoms with van der Waals surface area (Å²) in [6, 6.07) is 4.32. The third kappa shape index (κ3) is 1.23. The first-order valence-electron chi connectivity index (χ1n) is 4.86. The van der Waals surface area contributed by atoms with E-state index in [1.54, 1.807) is 11.3 Å². The van der Waals surface area contributed by atoms with Gasteiger partial charge in [0.05, 0.1) is 5.36 Å². The molecule has 0 fully saturated rings. The summed E-state index contributed by atoms with van der Waals surface area (Å²) >= 11 is 1.64. The summed E-state index contributed by atoms with van der Waals surface area (Å²) in [5.74, 6) is 0. The Morgan fingerprint density at radius 3 is 2.73 bits per heavy atom. The number of hydrogen-bond acceptors (Lipinski definition) is 3. The first-order chi connectivity index (χ1) is 7.25. The third-order valence-corrected chi connectivity index (χ3v) is 3.34. The van der Waals surface area contributed by atoms with E-state index in [1.165, 1.54) is 16.3 Å². The van der Waals surface area contributed by atoms with Crippen molar-refractivity contribution in [2.75, 3.05) is 0 Å². The Hall–Kier alpha value is -1.48. The van der Waals surface area contributed by atoms with Crippen molar-refractivity contribution in [3.63, 3.8) is 0 Å². The normalized spacial score (nSPS) is 13.1. The molecule has 2 aromatic rings. The Kier molecular flexibility index (Phi) is 1.76. The zero-order valence-corrected chi connectivity index (χ0v) is 9.43. The molecule has 1 aliphatic rings. The topological polar surface area (TPSA) is 25.2 Å². The third-order valence-electron chi connectivity index (χ3n) is 2.56. The minimum absolute atomic E-state index is 1.02. The van der Waals surface area contributed by atoms with E-state index >= 15 is 0 Å². The van der Waals surface area contributed by atoms with Crippen molar-refractivity contribution in [1.82, 2.24) is 4.98 Å². The summed E-state index contributed by atoms with van der Waals surface area (Å²) in [5.41, 5.74) is 3.62. The lowest BCUT2D eigenvalue weighted by molar-refractivity contribution is 1.13. The molecule has 0 spiro atoms. The SMILES string of the molecule is Cc1cc(C)c2c(c1)=NC=2c1nccs1. The van der Waals surface area contributed by atoms with Crippen molar-refractivity contribution < 1.29 is 0 Å². The molecule has 3 heteroatoms. The van der Waals surface area contributed by atoms with E-state index in [2.05, 4.69) is 36.0 Å². The highest BCUT2D eigenvalue weighted by molar-refractivity contribution is 7.10. The average molecular weight is 214 g/mol. The zero-order chi connectivity index (χ0) is 10.4. The van der Waals surface area contributed by atoms with E-state index in [4.69, 9.17) is 0 Å². The summed E-state index contributed by atoms with van der Waals surface area (Å²) in [6.07, 6.45) is 1.82. The maximum absolute atomic E-state index is 4.51. The second-order valence-electron chi connectivity index (χ2n) is 3.77. The van der Waals surface area contributed by atoms with E-state index in [-0.39, 0.29) is 0 Å². The van der Waals surface area contributed by atoms with E-state index in [0.29, 0.717) is 0 Å². The van der Waals surface area contributed by atoms with Gasteiger partial charge in [0.1, 0.15) is 10.7 Å². The smallest absolute Gasteiger partial charge is 0.142 e. The van der Waals surface area contributed by atoms with Crippen LogP contribution in [-0.4, -0.2) is 4.98 Å². The molecule has 74 valence electrons. The largest absolute Gasteiger partial charge is 0.244 e. The average Bonchev–Trinajstić information content (AvgIpc) is 2.61. The van der Waals surface area contributed by atoms with Gasteiger partial charge >= 0.3 is 0 Å². The molecule has 15 heavy (non-hydrogen) atoms. The van der Waals surface area contributed by atoms with Crippen LogP contribution in [0, 0.1) is 13.8 Å². The summed E-state index contributed by atoms with van der Waals surface area (Å²) in [7, 11) is 0. The number of aryl methyl sites for hydroxylation is 2. The van der Waals surface area contributed by atoms with E-state index in [0.717, 1.165) is 16.1 Å². The van der Waals surface area contributed by atoms with Crippen molar-refractivity contribution in [2.24, 2.45) is 4.99 Å². The van der Waals surface area contributed by atoms with Gasteiger partial charge in [-0.25, -0.2) is 9.98 Å². The number of benzene rings is 1. The van der Waals surface area contributed by atoms with Crippen molar-refractivity contribution in [3.05, 3.63) is 50.4 Å². The molecular weight excluding hydrogens is 204 g/mol. The molecule has 0 bridgehead atoms. The number of nitrogens with zero attached hydrogens (tertiary/aromatic N) is 2. The standard InChI is InChI=1S/C12H10N2S/c1-7-5-8(2)10-9(6-7)14-11(10)12-13-3-4-15-12/h3-6H,1-2H3. The maximum Gasteiger partial charge on any atom is 0.142 e. The summed E-state index contributed by atoms with van der Waals surface area (Å²) < 4.78 is 0. The lowest BCUT2D eigenvalue weighted by Gasteiger charge is -2.10. The molecule has 1 aliphatic heterocycles. The minimum Gasteiger partial charge on any atom is -0.244 e. The second-order valence-corrected chi connectivity index (χ2v) is 4.67. The van der Waals surface area contributed by atoms with Gasteiger partial charge in [0.2, 0.25) is 0 Å². The lowest BCUT2D eigenvalue weighted by atomic mass is 10.0. The van der Waals surface area contributed by atoms with E-state index in [1.807, 2.05) is 11.6 Å². The molecule has 0 N–H and O–H groups in total. The summed E-state index contributed by atoms with van der Waals surface area (Å²) in [5, 5.41) is 5.39. The van der Waals surface area contributed by atoms with Crippen LogP contribution in [-0.2, 0) is 0 Å². The fraction of sp³-hybridized carbons (Fsp3) is 0.167. The van der Waals surface area contributed by atoms with Crippen LogP contribution in [0.3, 0.4) is 0 Å². The predicted molar refractivity (Wildman–Crippen MR) is 61.3 cm³/mol. The van der Waals surface area contributed by atoms with Gasteiger partial charge in [-0.15, -0.1) is 11.3 Å². The summed E-state index contributed by atoms with van der Waals surface area (Å²) in [4.78, 5) is 8.80. The highest BCUT2D eigenvalue weighted by Gasteiger charge is 2.14. The molecule has 0 aliphatic carbocycles. The molecule has 0 atom stereocenters. The van der Waals surface area contributed by atoms with Crippen molar-refractivity contribution in [2.45, 2.75) is 13.8 Å². The van der Waals surface area contributed by atoms with Crippen LogP contribution in [0.4, 0.5) is 0 Å². The van der Waals surface area contributed by atoms with Crippen molar-refractivity contribution >= 4 is 17.0 Å². The van der Waals surface area contributed by atoms with Crippen LogP contribution < -0.4 is 10.6 Å². The van der Waals surface area contributed by atoms with Gasteiger partial charge in [-0.1, -0.05) is 6.07 Å². The highest BCUT2D eigenvalue weighted by atomic mass is 32.1. The van der Waals surface area contributed by atoms with Crippen LogP contribution in [0.2, 0.25) is 0 Å². The first kappa shape index (κ1) is 8.80. The highest BCUT2D eigenvalue weighted by Crippen LogP contribution is 2.17. The first-order valence-corrected chi connectivity index (χ1v) is 5.74.